The van der Waals surface area contributed by atoms with E-state index in [1.807, 2.05) is 12.1 Å². The van der Waals surface area contributed by atoms with E-state index in [2.05, 4.69) is 112 Å². The maximum Gasteiger partial charge on any atom is 0.136 e. The molecule has 0 saturated heterocycles. The van der Waals surface area contributed by atoms with E-state index in [0.29, 0.717) is 11.8 Å². The third kappa shape index (κ3) is 4.92. The Morgan fingerprint density at radius 2 is 0.881 bits per heavy atom. The Labute approximate surface area is 255 Å². The lowest BCUT2D eigenvalue weighted by atomic mass is 9.88. The molecule has 6 aromatic rings. The molecule has 2 aromatic heterocycles. The molecule has 208 valence electrons. The number of methoxy groups -OCH3 is 2. The third-order valence-electron chi connectivity index (χ3n) is 7.51. The lowest BCUT2D eigenvalue weighted by Crippen LogP contribution is -1.98. The molecule has 0 saturated carbocycles. The van der Waals surface area contributed by atoms with Gasteiger partial charge in [0.15, 0.2) is 0 Å². The minimum atomic E-state index is 0.473. The van der Waals surface area contributed by atoms with Gasteiger partial charge in [0.1, 0.15) is 11.5 Å². The molecular formula is C38H32O2S2. The number of ether oxygens (including phenoxy) is 2. The smallest absolute Gasteiger partial charge is 0.136 e. The van der Waals surface area contributed by atoms with Gasteiger partial charge in [-0.15, -0.1) is 22.7 Å². The summed E-state index contributed by atoms with van der Waals surface area (Å²) in [5.41, 5.74) is 1.84. The predicted molar refractivity (Wildman–Crippen MR) is 181 cm³/mol. The lowest BCUT2D eigenvalue weighted by molar-refractivity contribution is 0.417. The van der Waals surface area contributed by atoms with Crippen LogP contribution in [0.1, 0.15) is 70.2 Å². The Bertz CT molecular complexity index is 1930. The zero-order valence-corrected chi connectivity index (χ0v) is 26.3. The minimum absolute atomic E-state index is 0.473. The second kappa shape index (κ2) is 11.6. The van der Waals surface area contributed by atoms with Crippen LogP contribution in [0.2, 0.25) is 0 Å². The lowest BCUT2D eigenvalue weighted by Gasteiger charge is -2.19. The van der Waals surface area contributed by atoms with Crippen molar-refractivity contribution in [1.82, 2.24) is 0 Å². The van der Waals surface area contributed by atoms with Gasteiger partial charge in [0.25, 0.3) is 0 Å². The molecule has 0 amide bonds. The van der Waals surface area contributed by atoms with E-state index >= 15 is 0 Å². The van der Waals surface area contributed by atoms with E-state index in [1.54, 1.807) is 36.9 Å². The first-order valence-electron chi connectivity index (χ1n) is 14.2. The van der Waals surface area contributed by atoms with Gasteiger partial charge in [-0.1, -0.05) is 99.9 Å². The van der Waals surface area contributed by atoms with Crippen LogP contribution in [-0.2, 0) is 0 Å². The van der Waals surface area contributed by atoms with Crippen LogP contribution < -0.4 is 9.47 Å². The summed E-state index contributed by atoms with van der Waals surface area (Å²) in [6, 6.07) is 25.3. The first-order valence-corrected chi connectivity index (χ1v) is 15.8. The highest BCUT2D eigenvalue weighted by molar-refractivity contribution is 7.12. The van der Waals surface area contributed by atoms with Crippen LogP contribution in [0.4, 0.5) is 0 Å². The van der Waals surface area contributed by atoms with Crippen molar-refractivity contribution in [1.29, 1.82) is 0 Å². The monoisotopic (exact) mass is 584 g/mol. The van der Waals surface area contributed by atoms with E-state index in [1.165, 1.54) is 9.75 Å². The Hall–Kier alpha value is -4.22. The van der Waals surface area contributed by atoms with Crippen molar-refractivity contribution in [2.75, 3.05) is 14.2 Å². The maximum absolute atomic E-state index is 6.20. The van der Waals surface area contributed by atoms with Crippen LogP contribution in [0, 0.1) is 23.7 Å². The van der Waals surface area contributed by atoms with Gasteiger partial charge in [-0.3, -0.25) is 0 Å². The molecule has 0 spiro atoms. The molecule has 6 rings (SSSR count). The zero-order valence-electron chi connectivity index (χ0n) is 24.7. The third-order valence-corrected chi connectivity index (χ3v) is 10.1. The summed E-state index contributed by atoms with van der Waals surface area (Å²) >= 11 is 3.51. The summed E-state index contributed by atoms with van der Waals surface area (Å²) in [6.07, 6.45) is 0. The molecular weight excluding hydrogens is 553 g/mol. The Morgan fingerprint density at radius 3 is 1.21 bits per heavy atom. The fourth-order valence-electron chi connectivity index (χ4n) is 5.43. The van der Waals surface area contributed by atoms with Gasteiger partial charge < -0.3 is 9.47 Å². The molecule has 0 atom stereocenters. The second-order valence-corrected chi connectivity index (χ2v) is 13.1. The van der Waals surface area contributed by atoms with Crippen LogP contribution >= 0.6 is 22.7 Å². The fraction of sp³-hybridized carbons (Fsp3) is 0.211. The highest BCUT2D eigenvalue weighted by atomic mass is 32.1. The fourth-order valence-corrected chi connectivity index (χ4v) is 7.16. The largest absolute Gasteiger partial charge is 0.495 e. The molecule has 0 aliphatic carbocycles. The van der Waals surface area contributed by atoms with E-state index < -0.39 is 0 Å². The molecule has 4 heteroatoms. The topological polar surface area (TPSA) is 18.5 Å². The molecule has 0 unspecified atom stereocenters. The molecule has 0 N–H and O–H groups in total. The van der Waals surface area contributed by atoms with Gasteiger partial charge >= 0.3 is 0 Å². The summed E-state index contributed by atoms with van der Waals surface area (Å²) in [4.78, 5) is 4.76. The summed E-state index contributed by atoms with van der Waals surface area (Å²) in [6.45, 7) is 8.86. The summed E-state index contributed by atoms with van der Waals surface area (Å²) in [5.74, 6) is 16.7. The Morgan fingerprint density at radius 1 is 0.500 bits per heavy atom. The number of hydrogen-bond donors (Lipinski definition) is 0. The first kappa shape index (κ1) is 27.9. The van der Waals surface area contributed by atoms with Crippen LogP contribution in [-0.4, -0.2) is 14.2 Å². The molecule has 0 radical (unpaired) electrons. The van der Waals surface area contributed by atoms with Crippen molar-refractivity contribution in [3.05, 3.63) is 103 Å². The van der Waals surface area contributed by atoms with E-state index in [9.17, 15) is 0 Å². The maximum atomic E-state index is 6.20. The second-order valence-electron chi connectivity index (χ2n) is 10.9. The molecule has 0 aliphatic heterocycles. The highest BCUT2D eigenvalue weighted by Crippen LogP contribution is 2.48. The van der Waals surface area contributed by atoms with Crippen molar-refractivity contribution in [2.24, 2.45) is 0 Å². The minimum Gasteiger partial charge on any atom is -0.495 e. The van der Waals surface area contributed by atoms with Gasteiger partial charge in [0, 0.05) is 42.4 Å². The zero-order chi connectivity index (χ0) is 29.4. The average molecular weight is 585 g/mol. The van der Waals surface area contributed by atoms with Crippen molar-refractivity contribution in [3.8, 4) is 35.2 Å². The normalized spacial score (nSPS) is 11.1. The molecule has 2 heterocycles. The van der Waals surface area contributed by atoms with Gasteiger partial charge in [-0.25, -0.2) is 0 Å². The average Bonchev–Trinajstić information content (AvgIpc) is 3.68. The number of benzene rings is 4. The van der Waals surface area contributed by atoms with E-state index in [4.69, 9.17) is 9.47 Å². The molecule has 0 fully saturated rings. The van der Waals surface area contributed by atoms with Gasteiger partial charge in [0.2, 0.25) is 0 Å². The number of hydrogen-bond acceptors (Lipinski definition) is 4. The van der Waals surface area contributed by atoms with E-state index in [0.717, 1.165) is 64.7 Å². The Balaban J connectivity index is 1.75. The SMILES string of the molecule is COc1c2ccccc2c(OC)c2c(C#Cc3ccc(C(C)C)s3)c3ccccc3c(C#Cc3ccc(C(C)C)s3)c12. The van der Waals surface area contributed by atoms with Crippen LogP contribution in [0.15, 0.2) is 72.8 Å². The summed E-state index contributed by atoms with van der Waals surface area (Å²) in [7, 11) is 3.47. The number of rotatable bonds is 4. The van der Waals surface area contributed by atoms with Crippen molar-refractivity contribution >= 4 is 55.0 Å². The van der Waals surface area contributed by atoms with Crippen molar-refractivity contribution < 1.29 is 9.47 Å². The highest BCUT2D eigenvalue weighted by Gasteiger charge is 2.23. The number of fused-ring (bicyclic) bond motifs is 3. The predicted octanol–water partition coefficient (Wildman–Crippen LogP) is 10.3. The molecule has 42 heavy (non-hydrogen) atoms. The standard InChI is InChI=1S/C38H32O2S2/c1-23(2)33-21-17-25(41-33)15-19-29-27-11-7-8-12-28(27)30(20-16-26-18-22-34(42-26)24(3)4)36-35(29)37(39-5)31-13-9-10-14-32(31)38(36)40-6/h7-14,17-18,21-24H,1-6H3. The molecule has 0 bridgehead atoms. The molecule has 0 aliphatic rings. The first-order chi connectivity index (χ1) is 20.4. The molecule has 2 nitrogen and oxygen atoms in total. The van der Waals surface area contributed by atoms with Gasteiger partial charge in [0.05, 0.1) is 24.0 Å². The Kier molecular flexibility index (Phi) is 7.70. The molecule has 4 aromatic carbocycles. The van der Waals surface area contributed by atoms with Crippen molar-refractivity contribution in [2.45, 2.75) is 39.5 Å². The van der Waals surface area contributed by atoms with Crippen LogP contribution in [0.25, 0.3) is 32.3 Å². The summed E-state index contributed by atoms with van der Waals surface area (Å²) < 4.78 is 12.4. The van der Waals surface area contributed by atoms with Gasteiger partial charge in [-0.2, -0.15) is 0 Å². The van der Waals surface area contributed by atoms with Gasteiger partial charge in [-0.05, 0) is 46.9 Å². The number of thiophene rings is 2. The van der Waals surface area contributed by atoms with E-state index in [-0.39, 0.29) is 0 Å². The van der Waals surface area contributed by atoms with Crippen LogP contribution in [0.3, 0.4) is 0 Å². The van der Waals surface area contributed by atoms with Crippen molar-refractivity contribution in [3.63, 3.8) is 0 Å². The summed E-state index contributed by atoms with van der Waals surface area (Å²) in [5, 5.41) is 5.93. The van der Waals surface area contributed by atoms with Crippen LogP contribution in [0.5, 0.6) is 11.5 Å². The quantitative estimate of drug-likeness (QED) is 0.152.